The summed E-state index contributed by atoms with van der Waals surface area (Å²) in [6, 6.07) is 18.6. The number of aliphatic hydroxyl groups excluding tert-OH is 2. The van der Waals surface area contributed by atoms with Crippen molar-refractivity contribution in [1.82, 2.24) is 54.9 Å². The molecule has 8 amide bonds. The number of halogens is 11. The molecule has 4 aromatic carbocycles. The van der Waals surface area contributed by atoms with Crippen LogP contribution in [-0.2, 0) is 76.6 Å². The summed E-state index contributed by atoms with van der Waals surface area (Å²) in [6.07, 6.45) is -3.42. The van der Waals surface area contributed by atoms with E-state index < -0.39 is 165 Å². The first-order valence-corrected chi connectivity index (χ1v) is 42.1. The van der Waals surface area contributed by atoms with Crippen LogP contribution in [0.2, 0.25) is 5.02 Å². The Hall–Kier alpha value is -13.4. The van der Waals surface area contributed by atoms with Crippen LogP contribution in [0.5, 0.6) is 0 Å². The Morgan fingerprint density at radius 3 is 1.30 bits per heavy atom. The number of H-pyrrole nitrogens is 1. The molecule has 11 N–H and O–H groups in total. The second-order valence-corrected chi connectivity index (χ2v) is 35.3. The standard InChI is InChI=1S/C24H20F6N6O3.C23H21F3N4O3.C22H26ClN3O4.C22H26FN3O4/c1-10-16(19(37)22(39)33-23(8-24(29,30)9-23)15-6-31-35-34-15)14-5-11(25)7-36(14)18(10)21(38)32-13-4-2-3-12(17(13)26)20(27)28;1-12-5-6-14(8-15(12)24)28-20(32)18-13(2)17(16-4-3-7-30(16)18)19(31)21(33)29-22(11-27)9-23(25,26)10-22;2*1-12-7-8-14(10-15(12)23)24-20(29)18-13(2)17(16-6-5-9-26(16)18)19(28)21(30)25-22(3,4)11-27/h2-4,6,11,20H,5,7-9H2,1H3,(H,32,38)(H,33,39)(H,31,34,35);5-6,8H,3-4,7,9-10H2,1-2H3,(H,28,32)(H,29,33);2*7-8,10,27H,5-6,9,11H2,1-4H3,(H,24,29)(H,25,30)/t11-;;;/m1.../s1. The average molecular weight is 1860 g/mol. The molecule has 0 bridgehead atoms. The van der Waals surface area contributed by atoms with Crippen molar-refractivity contribution in [2.75, 3.05) is 34.5 Å². The number of aliphatic hydroxyl groups is 2. The van der Waals surface area contributed by atoms with Crippen molar-refractivity contribution in [2.45, 2.75) is 220 Å². The Morgan fingerprint density at radius 2 is 0.917 bits per heavy atom. The fourth-order valence-corrected chi connectivity index (χ4v) is 17.4. The number of nitriles is 1. The molecule has 0 unspecified atom stereocenters. The maximum atomic E-state index is 14.5. The Morgan fingerprint density at radius 1 is 0.530 bits per heavy atom. The minimum absolute atomic E-state index is 0.00893. The van der Waals surface area contributed by atoms with Crippen molar-refractivity contribution in [3.8, 4) is 6.07 Å². The van der Waals surface area contributed by atoms with Crippen molar-refractivity contribution in [1.29, 1.82) is 5.26 Å². The Bertz CT molecular complexity index is 6120. The number of amides is 8. The summed E-state index contributed by atoms with van der Waals surface area (Å²) in [7, 11) is 0. The summed E-state index contributed by atoms with van der Waals surface area (Å²) in [6.45, 7) is 18.3. The third-order valence-electron chi connectivity index (χ3n) is 23.8. The van der Waals surface area contributed by atoms with E-state index in [-0.39, 0.29) is 93.9 Å². The number of anilines is 4. The SMILES string of the molecule is Cc1c(C(=O)C(=O)NC2(c3cn[nH]n3)CC(F)(F)C2)c2n(c1C(=O)Nc1cccc(C(F)F)c1F)C[C@H](F)C2.Cc1ccc(NC(=O)c2c(C)c(C(=O)C(=O)NC(C)(C)CO)c3n2CCC3)cc1Cl.Cc1ccc(NC(=O)c2c(C)c(C(=O)C(=O)NC(C)(C)CO)c3n2CCC3)cc1F.Cc1ccc(NC(=O)c2c(C)c(C(=O)C(=O)NC3(C#N)CC(F)(F)C3)c3n2CCC3)cc1F. The maximum Gasteiger partial charge on any atom is 0.293 e. The lowest BCUT2D eigenvalue weighted by molar-refractivity contribution is -0.148. The van der Waals surface area contributed by atoms with Gasteiger partial charge in [-0.05, 0) is 196 Å². The molecule has 132 heavy (non-hydrogen) atoms. The van der Waals surface area contributed by atoms with Crippen LogP contribution in [0.1, 0.15) is 235 Å². The van der Waals surface area contributed by atoms with E-state index in [1.165, 1.54) is 32.0 Å². The number of hydrogen-bond donors (Lipinski definition) is 11. The van der Waals surface area contributed by atoms with Gasteiger partial charge < -0.3 is 71.0 Å². The van der Waals surface area contributed by atoms with Gasteiger partial charge >= 0.3 is 0 Å². The van der Waals surface area contributed by atoms with Crippen LogP contribution in [-0.4, -0.2) is 162 Å². The first-order valence-electron chi connectivity index (χ1n) is 41.8. The van der Waals surface area contributed by atoms with Crippen LogP contribution in [0.3, 0.4) is 0 Å². The predicted molar refractivity (Wildman–Crippen MR) is 459 cm³/mol. The van der Waals surface area contributed by atoms with E-state index in [9.17, 15) is 117 Å². The number of benzene rings is 4. The third kappa shape index (κ3) is 19.9. The van der Waals surface area contributed by atoms with Gasteiger partial charge in [-0.15, -0.1) is 0 Å². The van der Waals surface area contributed by atoms with Crippen molar-refractivity contribution >= 4 is 105 Å². The van der Waals surface area contributed by atoms with Gasteiger partial charge in [-0.3, -0.25) is 57.5 Å². The number of nitrogens with zero attached hydrogens (tertiary/aromatic N) is 7. The van der Waals surface area contributed by atoms with E-state index in [0.717, 1.165) is 47.4 Å². The fourth-order valence-electron chi connectivity index (χ4n) is 17.2. The molecule has 41 heteroatoms. The summed E-state index contributed by atoms with van der Waals surface area (Å²) >= 11 is 6.15. The first kappa shape index (κ1) is 97.6. The highest BCUT2D eigenvalue weighted by Crippen LogP contribution is 2.52. The first-order chi connectivity index (χ1) is 61.9. The highest BCUT2D eigenvalue weighted by atomic mass is 35.5. The van der Waals surface area contributed by atoms with Gasteiger partial charge in [0.05, 0.1) is 82.1 Å². The quantitative estimate of drug-likeness (QED) is 0.0152. The molecule has 4 aliphatic heterocycles. The lowest BCUT2D eigenvalue weighted by Gasteiger charge is -2.46. The zero-order chi connectivity index (χ0) is 96.8. The molecule has 0 spiro atoms. The maximum absolute atomic E-state index is 14.5. The molecule has 1 atom stereocenters. The molecular weight excluding hydrogens is 1770 g/mol. The molecule has 2 fully saturated rings. The zero-order valence-corrected chi connectivity index (χ0v) is 74.0. The molecule has 30 nitrogen and oxygen atoms in total. The van der Waals surface area contributed by atoms with Gasteiger partial charge in [0.2, 0.25) is 0 Å². The molecule has 0 saturated heterocycles. The number of hydrogen-bond acceptors (Lipinski definition) is 17. The van der Waals surface area contributed by atoms with Gasteiger partial charge in [-0.2, -0.15) is 20.7 Å². The number of alkyl halides is 7. The van der Waals surface area contributed by atoms with Crippen LogP contribution in [0.15, 0.2) is 79.0 Å². The number of carbonyl (C=O) groups excluding carboxylic acids is 12. The largest absolute Gasteiger partial charge is 0.394 e. The number of ketones is 4. The molecule has 5 aromatic heterocycles. The number of carbonyl (C=O) groups is 12. The van der Waals surface area contributed by atoms with E-state index in [4.69, 9.17) is 11.6 Å². The summed E-state index contributed by atoms with van der Waals surface area (Å²) < 4.78 is 143. The van der Waals surface area contributed by atoms with E-state index in [1.807, 2.05) is 17.6 Å². The third-order valence-corrected chi connectivity index (χ3v) is 24.2. The van der Waals surface area contributed by atoms with Crippen LogP contribution >= 0.6 is 11.6 Å². The monoisotopic (exact) mass is 1860 g/mol. The van der Waals surface area contributed by atoms with E-state index in [2.05, 4.69) is 57.9 Å². The normalized spacial score (nSPS) is 15.9. The van der Waals surface area contributed by atoms with E-state index in [0.29, 0.717) is 112 Å². The summed E-state index contributed by atoms with van der Waals surface area (Å²) in [4.78, 5) is 155. The second kappa shape index (κ2) is 37.8. The Balaban J connectivity index is 0.000000160. The number of aromatic nitrogens is 7. The lowest BCUT2D eigenvalue weighted by atomic mass is 9.71. The number of nitrogens with one attached hydrogen (secondary N) is 9. The molecular formula is C91H93ClF10N16O14. The highest BCUT2D eigenvalue weighted by molar-refractivity contribution is 6.46. The minimum Gasteiger partial charge on any atom is -0.394 e. The van der Waals surface area contributed by atoms with E-state index >= 15 is 0 Å². The van der Waals surface area contributed by atoms with Crippen LogP contribution in [0.4, 0.5) is 66.7 Å². The van der Waals surface area contributed by atoms with Crippen molar-refractivity contribution in [3.05, 3.63) is 219 Å². The number of aromatic amines is 1. The summed E-state index contributed by atoms with van der Waals surface area (Å²) in [5.74, 6) is -18.6. The average Bonchev–Trinajstić information content (AvgIpc) is 1.49. The van der Waals surface area contributed by atoms with Crippen LogP contribution in [0, 0.1) is 77.2 Å². The van der Waals surface area contributed by atoms with Crippen molar-refractivity contribution in [3.63, 3.8) is 0 Å². The van der Waals surface area contributed by atoms with Crippen molar-refractivity contribution in [2.24, 2.45) is 0 Å². The lowest BCUT2D eigenvalue weighted by Crippen LogP contribution is -2.62. The smallest absolute Gasteiger partial charge is 0.293 e. The molecule has 9 heterocycles. The number of rotatable bonds is 24. The molecule has 698 valence electrons. The van der Waals surface area contributed by atoms with Gasteiger partial charge in [0, 0.05) is 96.6 Å². The summed E-state index contributed by atoms with van der Waals surface area (Å²) in [5.41, 5.74) is -0.197. The zero-order valence-electron chi connectivity index (χ0n) is 73.3. The van der Waals surface area contributed by atoms with Crippen LogP contribution in [0.25, 0.3) is 0 Å². The highest BCUT2D eigenvalue weighted by Gasteiger charge is 2.61. The second-order valence-electron chi connectivity index (χ2n) is 34.8. The van der Waals surface area contributed by atoms with Gasteiger partial charge in [-0.1, -0.05) is 41.9 Å². The number of aryl methyl sites for hydroxylation is 3. The van der Waals surface area contributed by atoms with Gasteiger partial charge in [0.25, 0.3) is 88.7 Å². The number of Topliss-reactive ketones (excluding diaryl/α,β-unsaturated/α-hetero) is 4. The topological polar surface area (TPSA) is 427 Å². The molecule has 15 rings (SSSR count). The van der Waals surface area contributed by atoms with E-state index in [1.54, 1.807) is 101 Å². The van der Waals surface area contributed by atoms with Crippen LogP contribution < -0.4 is 42.5 Å². The molecule has 2 saturated carbocycles. The molecule has 6 aliphatic rings. The van der Waals surface area contributed by atoms with Gasteiger partial charge in [0.1, 0.15) is 51.8 Å². The van der Waals surface area contributed by atoms with Crippen molar-refractivity contribution < 1.29 is 112 Å². The molecule has 9 aromatic rings. The molecule has 0 radical (unpaired) electrons. The fraction of sp³-hybridized carbons (Fsp3) is 0.396. The van der Waals surface area contributed by atoms with Gasteiger partial charge in [-0.25, -0.2) is 43.9 Å². The number of fused-ring (bicyclic) bond motifs is 4. The Kier molecular flexibility index (Phi) is 28.0. The minimum atomic E-state index is -3.15. The molecule has 2 aliphatic carbocycles. The summed E-state index contributed by atoms with van der Waals surface area (Å²) in [5, 5.41) is 57.9. The van der Waals surface area contributed by atoms with Gasteiger partial charge in [0.15, 0.2) is 5.82 Å². The Labute approximate surface area is 752 Å². The predicted octanol–water partition coefficient (Wildman–Crippen LogP) is 12.7.